The molecule has 0 aliphatic heterocycles. The summed E-state index contributed by atoms with van der Waals surface area (Å²) in [5.74, 6) is 0.889. The molecular weight excluding hydrogens is 297 g/mol. The van der Waals surface area contributed by atoms with Crippen molar-refractivity contribution in [3.8, 4) is 5.75 Å². The summed E-state index contributed by atoms with van der Waals surface area (Å²) in [7, 11) is 0. The first-order valence-corrected chi connectivity index (χ1v) is 6.96. The largest absolute Gasteiger partial charge is 0.573 e. The number of rotatable bonds is 2. The van der Waals surface area contributed by atoms with Crippen molar-refractivity contribution in [2.24, 2.45) is 5.92 Å². The van der Waals surface area contributed by atoms with E-state index in [1.165, 1.54) is 37.1 Å². The summed E-state index contributed by atoms with van der Waals surface area (Å²) in [4.78, 5) is 9.60. The summed E-state index contributed by atoms with van der Waals surface area (Å²) in [5, 5.41) is 0. The zero-order valence-corrected chi connectivity index (χ0v) is 13.3. The third-order valence-electron chi connectivity index (χ3n) is 2.24. The molecule has 3 nitrogen and oxygen atoms in total. The Hall–Kier alpha value is -1.72. The van der Waals surface area contributed by atoms with E-state index >= 15 is 0 Å². The first kappa shape index (κ1) is 20.3. The van der Waals surface area contributed by atoms with E-state index in [0.717, 1.165) is 5.92 Å². The van der Waals surface area contributed by atoms with E-state index in [0.29, 0.717) is 6.47 Å². The Bertz CT molecular complexity index is 407. The second-order valence-electron chi connectivity index (χ2n) is 5.87. The lowest BCUT2D eigenvalue weighted by Gasteiger charge is -2.14. The van der Waals surface area contributed by atoms with Gasteiger partial charge in [-0.2, -0.15) is 0 Å². The van der Waals surface area contributed by atoms with Gasteiger partial charge in [0.2, 0.25) is 0 Å². The summed E-state index contributed by atoms with van der Waals surface area (Å²) in [5.41, 5.74) is -0.318. The number of carbonyl (C=O) groups is 1. The van der Waals surface area contributed by atoms with Crippen molar-refractivity contribution >= 4 is 6.47 Å². The molecule has 1 fully saturated rings. The van der Waals surface area contributed by atoms with E-state index in [-0.39, 0.29) is 11.4 Å². The fraction of sp³-hybridized carbons (Fsp3) is 0.562. The van der Waals surface area contributed by atoms with Gasteiger partial charge in [0.15, 0.2) is 0 Å². The standard InChI is InChI=1S/C7H5F3O.C5H10O2.C4H8/c8-7(9,10)11-6-4-2-1-3-5-6;1-5(2,3)7-4-6;1-4-2-3-4/h1-5H;4H,1-3H3;4H,2-3H2,1H3. The Labute approximate surface area is 129 Å². The molecule has 1 aromatic carbocycles. The summed E-state index contributed by atoms with van der Waals surface area (Å²) < 4.78 is 42.7. The number of hydrogen-bond acceptors (Lipinski definition) is 3. The Morgan fingerprint density at radius 2 is 1.55 bits per heavy atom. The molecule has 1 saturated carbocycles. The van der Waals surface area contributed by atoms with E-state index in [1.54, 1.807) is 6.07 Å². The van der Waals surface area contributed by atoms with E-state index < -0.39 is 6.36 Å². The fourth-order valence-corrected chi connectivity index (χ4v) is 0.933. The van der Waals surface area contributed by atoms with Gasteiger partial charge in [-0.15, -0.1) is 13.2 Å². The van der Waals surface area contributed by atoms with Crippen LogP contribution in [0.2, 0.25) is 0 Å². The molecule has 0 spiro atoms. The van der Waals surface area contributed by atoms with Crippen LogP contribution in [-0.4, -0.2) is 18.4 Å². The molecule has 0 atom stereocenters. The molecule has 0 aromatic heterocycles. The molecule has 22 heavy (non-hydrogen) atoms. The maximum Gasteiger partial charge on any atom is 0.573 e. The summed E-state index contributed by atoms with van der Waals surface area (Å²) >= 11 is 0. The van der Waals surface area contributed by atoms with Gasteiger partial charge >= 0.3 is 6.36 Å². The fourth-order valence-electron chi connectivity index (χ4n) is 0.933. The topological polar surface area (TPSA) is 35.5 Å². The van der Waals surface area contributed by atoms with Crippen molar-refractivity contribution < 1.29 is 27.4 Å². The Balaban J connectivity index is 0.000000341. The highest BCUT2D eigenvalue weighted by atomic mass is 19.4. The van der Waals surface area contributed by atoms with Gasteiger partial charge in [-0.25, -0.2) is 0 Å². The lowest BCUT2D eigenvalue weighted by Crippen LogP contribution is -2.17. The predicted molar refractivity (Wildman–Crippen MR) is 78.4 cm³/mol. The lowest BCUT2D eigenvalue weighted by atomic mass is 10.2. The van der Waals surface area contributed by atoms with Crippen molar-refractivity contribution in [2.75, 3.05) is 0 Å². The molecule has 2 rings (SSSR count). The van der Waals surface area contributed by atoms with Crippen molar-refractivity contribution in [3.05, 3.63) is 30.3 Å². The van der Waals surface area contributed by atoms with Gasteiger partial charge in [-0.05, 0) is 38.8 Å². The van der Waals surface area contributed by atoms with Crippen molar-refractivity contribution in [1.82, 2.24) is 0 Å². The maximum absolute atomic E-state index is 11.5. The molecule has 1 aliphatic rings. The Morgan fingerprint density at radius 3 is 1.77 bits per heavy atom. The molecule has 1 aliphatic carbocycles. The molecule has 0 radical (unpaired) electrons. The van der Waals surface area contributed by atoms with Crippen LogP contribution in [-0.2, 0) is 9.53 Å². The number of halogens is 3. The number of carbonyl (C=O) groups excluding carboxylic acids is 1. The van der Waals surface area contributed by atoms with Gasteiger partial charge in [0.05, 0.1) is 0 Å². The van der Waals surface area contributed by atoms with Gasteiger partial charge in [0.1, 0.15) is 11.4 Å². The van der Waals surface area contributed by atoms with E-state index in [1.807, 2.05) is 20.8 Å². The van der Waals surface area contributed by atoms with Crippen LogP contribution in [0, 0.1) is 5.92 Å². The molecule has 0 saturated heterocycles. The number of hydrogen-bond donors (Lipinski definition) is 0. The minimum absolute atomic E-state index is 0.194. The highest BCUT2D eigenvalue weighted by Crippen LogP contribution is 2.26. The van der Waals surface area contributed by atoms with Crippen LogP contribution in [0.3, 0.4) is 0 Å². The first-order valence-electron chi connectivity index (χ1n) is 6.96. The van der Waals surface area contributed by atoms with Crippen LogP contribution in [0.1, 0.15) is 40.5 Å². The first-order chi connectivity index (χ1) is 10.0. The smallest absolute Gasteiger partial charge is 0.462 e. The molecule has 0 unspecified atom stereocenters. The Kier molecular flexibility index (Phi) is 8.60. The van der Waals surface area contributed by atoms with Crippen LogP contribution in [0.5, 0.6) is 5.75 Å². The molecule has 0 heterocycles. The molecule has 6 heteroatoms. The average Bonchev–Trinajstić information content (AvgIpc) is 3.11. The van der Waals surface area contributed by atoms with Crippen LogP contribution in [0.4, 0.5) is 13.2 Å². The highest BCUT2D eigenvalue weighted by Gasteiger charge is 2.30. The minimum Gasteiger partial charge on any atom is -0.462 e. The van der Waals surface area contributed by atoms with E-state index in [4.69, 9.17) is 0 Å². The molecule has 0 amide bonds. The summed E-state index contributed by atoms with van der Waals surface area (Å²) in [6.07, 6.45) is -1.62. The zero-order chi connectivity index (χ0) is 17.2. The average molecular weight is 320 g/mol. The Morgan fingerprint density at radius 1 is 1.09 bits per heavy atom. The molecule has 1 aromatic rings. The van der Waals surface area contributed by atoms with Crippen molar-refractivity contribution in [3.63, 3.8) is 0 Å². The maximum atomic E-state index is 11.5. The SMILES string of the molecule is CC(C)(C)OC=O.CC1CC1.FC(F)(F)Oc1ccccc1. The van der Waals surface area contributed by atoms with Gasteiger partial charge in [-0.1, -0.05) is 38.0 Å². The zero-order valence-electron chi connectivity index (χ0n) is 13.3. The molecule has 0 bridgehead atoms. The van der Waals surface area contributed by atoms with Crippen LogP contribution >= 0.6 is 0 Å². The lowest BCUT2D eigenvalue weighted by molar-refractivity contribution is -0.274. The van der Waals surface area contributed by atoms with Gasteiger partial charge in [0, 0.05) is 0 Å². The predicted octanol–water partition coefficient (Wildman–Crippen LogP) is 4.96. The monoisotopic (exact) mass is 320 g/mol. The van der Waals surface area contributed by atoms with Gasteiger partial charge in [-0.3, -0.25) is 4.79 Å². The normalized spacial score (nSPS) is 13.8. The second kappa shape index (κ2) is 9.33. The number of para-hydroxylation sites is 1. The van der Waals surface area contributed by atoms with Crippen LogP contribution in [0.25, 0.3) is 0 Å². The van der Waals surface area contributed by atoms with Gasteiger partial charge in [0.25, 0.3) is 6.47 Å². The third-order valence-corrected chi connectivity index (χ3v) is 2.24. The molecular formula is C16H23F3O3. The third kappa shape index (κ3) is 16.3. The van der Waals surface area contributed by atoms with Gasteiger partial charge < -0.3 is 9.47 Å². The quantitative estimate of drug-likeness (QED) is 0.723. The summed E-state index contributed by atoms with van der Waals surface area (Å²) in [6.45, 7) is 8.20. The molecule has 126 valence electrons. The second-order valence-corrected chi connectivity index (χ2v) is 5.87. The number of benzene rings is 1. The summed E-state index contributed by atoms with van der Waals surface area (Å²) in [6, 6.07) is 7.05. The van der Waals surface area contributed by atoms with Crippen LogP contribution < -0.4 is 4.74 Å². The van der Waals surface area contributed by atoms with E-state index in [9.17, 15) is 18.0 Å². The van der Waals surface area contributed by atoms with Crippen molar-refractivity contribution in [1.29, 1.82) is 0 Å². The van der Waals surface area contributed by atoms with Crippen molar-refractivity contribution in [2.45, 2.75) is 52.5 Å². The van der Waals surface area contributed by atoms with E-state index in [2.05, 4.69) is 16.4 Å². The minimum atomic E-state index is -4.60. The number of alkyl halides is 3. The van der Waals surface area contributed by atoms with Crippen LogP contribution in [0.15, 0.2) is 30.3 Å². The number of ether oxygens (including phenoxy) is 2. The molecule has 0 N–H and O–H groups in total. The highest BCUT2D eigenvalue weighted by molar-refractivity contribution is 5.37.